The van der Waals surface area contributed by atoms with E-state index in [4.69, 9.17) is 4.74 Å². The summed E-state index contributed by atoms with van der Waals surface area (Å²) in [5.74, 6) is -0.398. The first-order chi connectivity index (χ1) is 15.6. The Kier molecular flexibility index (Phi) is 6.38. The first-order valence-electron chi connectivity index (χ1n) is 10.8. The summed E-state index contributed by atoms with van der Waals surface area (Å²) in [5, 5.41) is 7.41. The Morgan fingerprint density at radius 3 is 2.39 bits per heavy atom. The van der Waals surface area contributed by atoms with Crippen molar-refractivity contribution in [2.75, 3.05) is 18.4 Å². The molecule has 1 fully saturated rings. The fourth-order valence-corrected chi connectivity index (χ4v) is 5.74. The van der Waals surface area contributed by atoms with E-state index in [9.17, 15) is 13.2 Å². The molecule has 2 aromatic carbocycles. The van der Waals surface area contributed by atoms with E-state index in [0.717, 1.165) is 17.1 Å². The second-order valence-electron chi connectivity index (χ2n) is 8.42. The third-order valence-electron chi connectivity index (χ3n) is 5.51. The van der Waals surface area contributed by atoms with Crippen LogP contribution in [0.1, 0.15) is 35.6 Å². The summed E-state index contributed by atoms with van der Waals surface area (Å²) in [5.41, 5.74) is 3.39. The van der Waals surface area contributed by atoms with Gasteiger partial charge in [-0.1, -0.05) is 18.2 Å². The number of para-hydroxylation sites is 2. The maximum absolute atomic E-state index is 13.2. The molecule has 0 aliphatic carbocycles. The Labute approximate surface area is 194 Å². The molecule has 174 valence electrons. The zero-order chi connectivity index (χ0) is 23.8. The van der Waals surface area contributed by atoms with Crippen LogP contribution in [0.2, 0.25) is 0 Å². The molecule has 1 N–H and O–H groups in total. The highest BCUT2D eigenvalue weighted by molar-refractivity contribution is 7.89. The number of benzene rings is 2. The smallest absolute Gasteiger partial charge is 0.255 e. The van der Waals surface area contributed by atoms with E-state index in [2.05, 4.69) is 10.4 Å². The van der Waals surface area contributed by atoms with E-state index in [1.807, 2.05) is 52.0 Å². The predicted molar refractivity (Wildman–Crippen MR) is 126 cm³/mol. The minimum atomic E-state index is -3.75. The number of nitrogens with zero attached hydrogens (tertiary/aromatic N) is 3. The molecule has 3 aromatic rings. The highest BCUT2D eigenvalue weighted by atomic mass is 32.2. The summed E-state index contributed by atoms with van der Waals surface area (Å²) in [6, 6.07) is 15.4. The number of hydrogen-bond acceptors (Lipinski definition) is 5. The lowest BCUT2D eigenvalue weighted by molar-refractivity contribution is -0.0440. The molecule has 2 atom stereocenters. The standard InChI is InChI=1S/C24H28N4O4S/c1-16-12-17(2)28(26-16)23-11-6-5-10-22(23)25-24(29)20-8-7-9-21(13-20)33(30,31)27-14-18(3)32-19(4)15-27/h5-13,18-19H,14-15H2,1-4H3,(H,25,29). The van der Waals surface area contributed by atoms with Crippen LogP contribution in [-0.2, 0) is 14.8 Å². The molecular weight excluding hydrogens is 440 g/mol. The Balaban J connectivity index is 1.60. The van der Waals surface area contributed by atoms with Crippen LogP contribution in [-0.4, -0.2) is 53.7 Å². The number of sulfonamides is 1. The third-order valence-corrected chi connectivity index (χ3v) is 7.34. The number of anilines is 1. The molecule has 4 rings (SSSR count). The maximum Gasteiger partial charge on any atom is 0.255 e. The molecule has 0 saturated carbocycles. The molecule has 0 radical (unpaired) electrons. The van der Waals surface area contributed by atoms with Gasteiger partial charge in [0.1, 0.15) is 0 Å². The van der Waals surface area contributed by atoms with Crippen LogP contribution in [0.4, 0.5) is 5.69 Å². The minimum absolute atomic E-state index is 0.0864. The number of nitrogens with one attached hydrogen (secondary N) is 1. The average Bonchev–Trinajstić information content (AvgIpc) is 3.11. The lowest BCUT2D eigenvalue weighted by Crippen LogP contribution is -2.48. The molecule has 2 heterocycles. The number of amides is 1. The molecule has 1 aliphatic heterocycles. The van der Waals surface area contributed by atoms with Gasteiger partial charge in [-0.25, -0.2) is 13.1 Å². The highest BCUT2D eigenvalue weighted by Crippen LogP contribution is 2.24. The van der Waals surface area contributed by atoms with Gasteiger partial charge in [0, 0.05) is 24.3 Å². The number of ether oxygens (including phenoxy) is 1. The van der Waals surface area contributed by atoms with Gasteiger partial charge < -0.3 is 10.1 Å². The van der Waals surface area contributed by atoms with Gasteiger partial charge in [0.15, 0.2) is 0 Å². The fourth-order valence-electron chi connectivity index (χ4n) is 4.11. The quantitative estimate of drug-likeness (QED) is 0.618. The van der Waals surface area contributed by atoms with Crippen LogP contribution in [0, 0.1) is 13.8 Å². The van der Waals surface area contributed by atoms with Gasteiger partial charge in [0.05, 0.1) is 34.2 Å². The van der Waals surface area contributed by atoms with Gasteiger partial charge >= 0.3 is 0 Å². The van der Waals surface area contributed by atoms with E-state index in [1.165, 1.54) is 16.4 Å². The van der Waals surface area contributed by atoms with Crippen LogP contribution in [0.25, 0.3) is 5.69 Å². The monoisotopic (exact) mass is 468 g/mol. The van der Waals surface area contributed by atoms with Gasteiger partial charge in [-0.05, 0) is 64.1 Å². The van der Waals surface area contributed by atoms with Gasteiger partial charge in [-0.3, -0.25) is 4.79 Å². The topological polar surface area (TPSA) is 93.5 Å². The Bertz CT molecular complexity index is 1280. The zero-order valence-corrected chi connectivity index (χ0v) is 20.0. The van der Waals surface area contributed by atoms with Crippen molar-refractivity contribution in [1.29, 1.82) is 0 Å². The molecule has 2 unspecified atom stereocenters. The summed E-state index contributed by atoms with van der Waals surface area (Å²) in [4.78, 5) is 13.2. The summed E-state index contributed by atoms with van der Waals surface area (Å²) in [7, 11) is -3.75. The van der Waals surface area contributed by atoms with Gasteiger partial charge in [-0.2, -0.15) is 9.40 Å². The van der Waals surface area contributed by atoms with Gasteiger partial charge in [-0.15, -0.1) is 0 Å². The lowest BCUT2D eigenvalue weighted by atomic mass is 10.2. The van der Waals surface area contributed by atoms with Crippen molar-refractivity contribution < 1.29 is 17.9 Å². The number of morpholine rings is 1. The van der Waals surface area contributed by atoms with Gasteiger partial charge in [0.25, 0.3) is 5.91 Å². The lowest BCUT2D eigenvalue weighted by Gasteiger charge is -2.34. The average molecular weight is 469 g/mol. The number of carbonyl (C=O) groups is 1. The minimum Gasteiger partial charge on any atom is -0.373 e. The molecule has 1 aliphatic rings. The molecule has 9 heteroatoms. The molecule has 1 saturated heterocycles. The van der Waals surface area contributed by atoms with Crippen LogP contribution < -0.4 is 5.32 Å². The Morgan fingerprint density at radius 1 is 1.03 bits per heavy atom. The summed E-state index contributed by atoms with van der Waals surface area (Å²) in [6.45, 7) is 8.11. The third kappa shape index (κ3) is 4.85. The Morgan fingerprint density at radius 2 is 1.73 bits per heavy atom. The molecule has 1 amide bonds. The summed E-state index contributed by atoms with van der Waals surface area (Å²) >= 11 is 0. The molecule has 1 aromatic heterocycles. The van der Waals surface area contributed by atoms with Crippen LogP contribution >= 0.6 is 0 Å². The second kappa shape index (κ2) is 9.09. The highest BCUT2D eigenvalue weighted by Gasteiger charge is 2.32. The van der Waals surface area contributed by atoms with Crippen LogP contribution in [0.3, 0.4) is 0 Å². The fraction of sp³-hybridized carbons (Fsp3) is 0.333. The second-order valence-corrected chi connectivity index (χ2v) is 10.4. The van der Waals surface area contributed by atoms with E-state index in [0.29, 0.717) is 5.69 Å². The molecule has 0 spiro atoms. The van der Waals surface area contributed by atoms with Crippen molar-refractivity contribution in [3.05, 3.63) is 71.5 Å². The number of aromatic nitrogens is 2. The normalized spacial score (nSPS) is 19.4. The molecule has 8 nitrogen and oxygen atoms in total. The maximum atomic E-state index is 13.2. The van der Waals surface area contributed by atoms with Crippen LogP contribution in [0.15, 0.2) is 59.5 Å². The molecule has 0 bridgehead atoms. The van der Waals surface area contributed by atoms with Crippen molar-refractivity contribution >= 4 is 21.6 Å². The van der Waals surface area contributed by atoms with E-state index >= 15 is 0 Å². The van der Waals surface area contributed by atoms with E-state index < -0.39 is 15.9 Å². The summed E-state index contributed by atoms with van der Waals surface area (Å²) < 4.78 is 35.3. The first-order valence-corrected chi connectivity index (χ1v) is 12.3. The van der Waals surface area contributed by atoms with E-state index in [1.54, 1.807) is 22.9 Å². The van der Waals surface area contributed by atoms with Crippen molar-refractivity contribution in [3.63, 3.8) is 0 Å². The summed E-state index contributed by atoms with van der Waals surface area (Å²) in [6.07, 6.45) is -0.387. The van der Waals surface area contributed by atoms with Crippen molar-refractivity contribution in [2.45, 2.75) is 44.8 Å². The number of hydrogen-bond donors (Lipinski definition) is 1. The van der Waals surface area contributed by atoms with Crippen LogP contribution in [0.5, 0.6) is 0 Å². The number of carbonyl (C=O) groups excluding carboxylic acids is 1. The van der Waals surface area contributed by atoms with E-state index in [-0.39, 0.29) is 35.8 Å². The largest absolute Gasteiger partial charge is 0.373 e. The van der Waals surface area contributed by atoms with Crippen molar-refractivity contribution in [2.24, 2.45) is 0 Å². The zero-order valence-electron chi connectivity index (χ0n) is 19.1. The number of rotatable bonds is 5. The SMILES string of the molecule is Cc1cc(C)n(-c2ccccc2NC(=O)c2cccc(S(=O)(=O)N3CC(C)OC(C)C3)c2)n1. The van der Waals surface area contributed by atoms with Gasteiger partial charge in [0.2, 0.25) is 10.0 Å². The first kappa shape index (κ1) is 23.2. The van der Waals surface area contributed by atoms with Crippen molar-refractivity contribution in [1.82, 2.24) is 14.1 Å². The predicted octanol–water partition coefficient (Wildman–Crippen LogP) is 3.54. The Hall–Kier alpha value is -3.01. The molecule has 33 heavy (non-hydrogen) atoms. The molecular formula is C24H28N4O4S. The van der Waals surface area contributed by atoms with Crippen molar-refractivity contribution in [3.8, 4) is 5.69 Å². The number of aryl methyl sites for hydroxylation is 2.